The van der Waals surface area contributed by atoms with Gasteiger partial charge in [-0.25, -0.2) is 17.2 Å². The molecule has 238 valence electrons. The number of ether oxygens (including phenoxy) is 1. The van der Waals surface area contributed by atoms with Crippen molar-refractivity contribution in [1.29, 1.82) is 0 Å². The van der Waals surface area contributed by atoms with E-state index in [1.165, 1.54) is 44.4 Å². The van der Waals surface area contributed by atoms with Crippen LogP contribution in [0.25, 0.3) is 6.08 Å². The van der Waals surface area contributed by atoms with Gasteiger partial charge in [0.1, 0.15) is 5.75 Å². The predicted octanol–water partition coefficient (Wildman–Crippen LogP) is 7.15. The summed E-state index contributed by atoms with van der Waals surface area (Å²) in [5.74, 6) is -1.29. The van der Waals surface area contributed by atoms with Crippen molar-refractivity contribution in [3.8, 4) is 5.75 Å². The number of sulfone groups is 1. The molecule has 3 aromatic carbocycles. The first-order chi connectivity index (χ1) is 20.3. The number of carbonyl (C=O) groups excluding carboxylic acids is 2. The number of amides is 2. The van der Waals surface area contributed by atoms with E-state index in [1.807, 2.05) is 0 Å². The highest BCUT2D eigenvalue weighted by Crippen LogP contribution is 2.49. The molecule has 2 amide bonds. The number of rotatable bonds is 6. The summed E-state index contributed by atoms with van der Waals surface area (Å²) in [6.07, 6.45) is 8.47. The maximum atomic E-state index is 12.6. The zero-order valence-corrected chi connectivity index (χ0v) is 23.7. The molecule has 2 aliphatic carbocycles. The number of hydrogen-bond acceptors (Lipinski definition) is 5. The Morgan fingerprint density at radius 2 is 1.50 bits per heavy atom. The van der Waals surface area contributed by atoms with Crippen LogP contribution in [-0.2, 0) is 14.6 Å². The highest BCUT2D eigenvalue weighted by molar-refractivity contribution is 7.92. The van der Waals surface area contributed by atoms with Crippen molar-refractivity contribution in [2.75, 3.05) is 12.4 Å². The topological polar surface area (TPSA) is 116 Å². The molecule has 44 heavy (non-hydrogen) atoms. The molecule has 0 radical (unpaired) electrons. The predicted molar refractivity (Wildman–Crippen MR) is 157 cm³/mol. The molecule has 5 rings (SSSR count). The van der Waals surface area contributed by atoms with E-state index in [0.29, 0.717) is 6.07 Å². The Bertz CT molecular complexity index is 1560. The minimum absolute atomic E-state index is 0. The largest absolute Gasteiger partial charge is 0.501 e. The van der Waals surface area contributed by atoms with Crippen LogP contribution in [-0.4, -0.2) is 33.4 Å². The maximum Gasteiger partial charge on any atom is 0.501 e. The van der Waals surface area contributed by atoms with Crippen molar-refractivity contribution in [2.45, 2.75) is 43.5 Å². The number of halogens is 5. The molecular formula is C31H33F5N2O5S. The van der Waals surface area contributed by atoms with E-state index in [9.17, 15) is 40.0 Å². The third-order valence-corrected chi connectivity index (χ3v) is 8.47. The number of fused-ring (bicyclic) bond motifs is 2. The summed E-state index contributed by atoms with van der Waals surface area (Å²) in [7, 11) is -4.14. The Balaban J connectivity index is 0.000000229. The van der Waals surface area contributed by atoms with Crippen LogP contribution in [0.2, 0.25) is 0 Å². The monoisotopic (exact) mass is 640 g/mol. The summed E-state index contributed by atoms with van der Waals surface area (Å²) in [6, 6.07) is 16.2. The van der Waals surface area contributed by atoms with Crippen LogP contribution < -0.4 is 15.8 Å². The van der Waals surface area contributed by atoms with E-state index in [0.717, 1.165) is 36.1 Å². The number of carbonyl (C=O) groups is 2. The second-order valence-electron chi connectivity index (χ2n) is 9.67. The summed E-state index contributed by atoms with van der Waals surface area (Å²) < 4.78 is 88.3. The van der Waals surface area contributed by atoms with Crippen molar-refractivity contribution < 1.29 is 44.7 Å². The van der Waals surface area contributed by atoms with Crippen LogP contribution >= 0.6 is 0 Å². The molecule has 0 unspecified atom stereocenters. The number of nitrogens with two attached hydrogens (primary N) is 1. The van der Waals surface area contributed by atoms with E-state index in [1.54, 1.807) is 5.57 Å². The second kappa shape index (κ2) is 15.5. The summed E-state index contributed by atoms with van der Waals surface area (Å²) in [6.45, 7) is 0. The average molecular weight is 641 g/mol. The number of hydrogen-bond donors (Lipinski definition) is 2. The zero-order chi connectivity index (χ0) is 31.8. The Morgan fingerprint density at radius 1 is 0.932 bits per heavy atom. The van der Waals surface area contributed by atoms with Crippen molar-refractivity contribution in [3.63, 3.8) is 0 Å². The third-order valence-electron chi connectivity index (χ3n) is 6.99. The lowest BCUT2D eigenvalue weighted by molar-refractivity contribution is -0.105. The molecule has 0 aromatic heterocycles. The SMILES string of the molecule is C.C(=C1C2CCC1CC2)c1ccccc1.COc1cc(F)c(F)cc1C(N)=O.O=CNc1cccc(S(=O)(=O)C(F)(F)F)c1. The zero-order valence-electron chi connectivity index (χ0n) is 22.9. The van der Waals surface area contributed by atoms with Crippen molar-refractivity contribution in [1.82, 2.24) is 0 Å². The van der Waals surface area contributed by atoms with Gasteiger partial charge in [0.15, 0.2) is 11.6 Å². The molecule has 2 fully saturated rings. The molecule has 2 saturated carbocycles. The van der Waals surface area contributed by atoms with E-state index >= 15 is 0 Å². The number of anilines is 1. The molecule has 2 aliphatic rings. The molecule has 0 atom stereocenters. The number of allylic oxidation sites excluding steroid dienone is 1. The molecule has 0 aliphatic heterocycles. The first-order valence-electron chi connectivity index (χ1n) is 13.0. The van der Waals surface area contributed by atoms with Gasteiger partial charge in [-0.2, -0.15) is 13.2 Å². The standard InChI is InChI=1S/C14H16.C8H6F3NO3S.C8H7F2NO2.CH4/c1-2-4-11(5-3-1)10-14-12-6-7-13(14)9-8-12;9-8(10,11)16(14,15)7-3-1-2-6(4-7)12-5-13;1-13-7-3-6(10)5(9)2-4(7)8(11)12;/h1-5,10,12-13H,6-9H2;1-5H,(H,12,13);2-3H,1H3,(H2,11,12);1H4. The van der Waals surface area contributed by atoms with Gasteiger partial charge < -0.3 is 15.8 Å². The van der Waals surface area contributed by atoms with E-state index < -0.39 is 37.8 Å². The number of benzene rings is 3. The van der Waals surface area contributed by atoms with Gasteiger partial charge in [-0.1, -0.05) is 55.5 Å². The summed E-state index contributed by atoms with van der Waals surface area (Å²) in [5.41, 5.74) is 2.48. The lowest BCUT2D eigenvalue weighted by Crippen LogP contribution is -2.23. The molecule has 3 N–H and O–H groups in total. The van der Waals surface area contributed by atoms with Gasteiger partial charge in [0.25, 0.3) is 15.7 Å². The van der Waals surface area contributed by atoms with Crippen molar-refractivity contribution in [3.05, 3.63) is 95.1 Å². The number of alkyl halides is 3. The first-order valence-corrected chi connectivity index (χ1v) is 14.5. The van der Waals surface area contributed by atoms with Gasteiger partial charge in [0.05, 0.1) is 17.6 Å². The molecule has 0 heterocycles. The summed E-state index contributed by atoms with van der Waals surface area (Å²) in [5, 5.41) is 2.06. The van der Waals surface area contributed by atoms with Crippen LogP contribution in [0.1, 0.15) is 49.0 Å². The van der Waals surface area contributed by atoms with Gasteiger partial charge in [0, 0.05) is 11.8 Å². The van der Waals surface area contributed by atoms with E-state index in [-0.39, 0.29) is 30.8 Å². The molecule has 2 bridgehead atoms. The average Bonchev–Trinajstić information content (AvgIpc) is 3.54. The van der Waals surface area contributed by atoms with Gasteiger partial charge in [-0.05, 0) is 67.3 Å². The van der Waals surface area contributed by atoms with Crippen LogP contribution in [0.4, 0.5) is 27.6 Å². The minimum Gasteiger partial charge on any atom is -0.496 e. The minimum atomic E-state index is -5.37. The van der Waals surface area contributed by atoms with Crippen LogP contribution in [0.15, 0.2) is 77.2 Å². The van der Waals surface area contributed by atoms with Crippen molar-refractivity contribution >= 4 is 33.9 Å². The second-order valence-corrected chi connectivity index (χ2v) is 11.6. The highest BCUT2D eigenvalue weighted by atomic mass is 32.2. The quantitative estimate of drug-likeness (QED) is 0.219. The molecular weight excluding hydrogens is 607 g/mol. The first kappa shape index (κ1) is 35.9. The Kier molecular flexibility index (Phi) is 12.6. The molecule has 13 heteroatoms. The van der Waals surface area contributed by atoms with Gasteiger partial charge in [0.2, 0.25) is 6.41 Å². The van der Waals surface area contributed by atoms with Crippen molar-refractivity contribution in [2.24, 2.45) is 17.6 Å². The fraction of sp³-hybridized carbons (Fsp3) is 0.290. The molecule has 7 nitrogen and oxygen atoms in total. The summed E-state index contributed by atoms with van der Waals surface area (Å²) in [4.78, 5) is 19.8. The Labute approximate surface area is 252 Å². The highest BCUT2D eigenvalue weighted by Gasteiger charge is 2.46. The molecule has 3 aromatic rings. The number of methoxy groups -OCH3 is 1. The molecule has 0 spiro atoms. The van der Waals surface area contributed by atoms with Crippen LogP contribution in [0, 0.1) is 23.5 Å². The number of primary amides is 1. The summed E-state index contributed by atoms with van der Waals surface area (Å²) >= 11 is 0. The Hall–Kier alpha value is -4.26. The smallest absolute Gasteiger partial charge is 0.496 e. The normalized spacial score (nSPS) is 16.7. The fourth-order valence-electron chi connectivity index (χ4n) is 4.92. The van der Waals surface area contributed by atoms with E-state index in [4.69, 9.17) is 5.73 Å². The van der Waals surface area contributed by atoms with Gasteiger partial charge >= 0.3 is 5.51 Å². The van der Waals surface area contributed by atoms with E-state index in [2.05, 4.69) is 46.5 Å². The van der Waals surface area contributed by atoms with Gasteiger partial charge in [-0.15, -0.1) is 0 Å². The van der Waals surface area contributed by atoms with Crippen LogP contribution in [0.3, 0.4) is 0 Å². The van der Waals surface area contributed by atoms with Gasteiger partial charge in [-0.3, -0.25) is 9.59 Å². The molecule has 0 saturated heterocycles. The number of nitrogens with one attached hydrogen (secondary N) is 1. The fourth-order valence-corrected chi connectivity index (χ4v) is 5.72. The maximum absolute atomic E-state index is 12.6. The van der Waals surface area contributed by atoms with Crippen LogP contribution in [0.5, 0.6) is 5.75 Å². The lowest BCUT2D eigenvalue weighted by Gasteiger charge is -2.08. The Morgan fingerprint density at radius 3 is 2.00 bits per heavy atom. The third kappa shape index (κ3) is 8.88. The lowest BCUT2D eigenvalue weighted by atomic mass is 10.0.